The van der Waals surface area contributed by atoms with E-state index in [-0.39, 0.29) is 11.4 Å². The van der Waals surface area contributed by atoms with Crippen molar-refractivity contribution in [1.82, 2.24) is 0 Å². The van der Waals surface area contributed by atoms with Crippen molar-refractivity contribution in [1.29, 1.82) is 0 Å². The maximum absolute atomic E-state index is 12.3. The van der Waals surface area contributed by atoms with Gasteiger partial charge in [-0.1, -0.05) is 18.2 Å². The summed E-state index contributed by atoms with van der Waals surface area (Å²) >= 11 is 0. The van der Waals surface area contributed by atoms with Crippen LogP contribution >= 0.6 is 0 Å². The smallest absolute Gasteiger partial charge is 0.296 e. The van der Waals surface area contributed by atoms with E-state index in [9.17, 15) is 14.9 Å². The molecule has 0 aromatic heterocycles. The van der Waals surface area contributed by atoms with Crippen molar-refractivity contribution in [3.05, 3.63) is 58.1 Å². The van der Waals surface area contributed by atoms with E-state index in [0.29, 0.717) is 11.5 Å². The Morgan fingerprint density at radius 2 is 1.96 bits per heavy atom. The van der Waals surface area contributed by atoms with E-state index < -0.39 is 16.9 Å². The number of para-hydroxylation sites is 1. The average Bonchev–Trinajstić information content (AvgIpc) is 2.57. The van der Waals surface area contributed by atoms with E-state index in [1.54, 1.807) is 19.1 Å². The highest BCUT2D eigenvalue weighted by Gasteiger charge is 2.21. The predicted octanol–water partition coefficient (Wildman–Crippen LogP) is 3.32. The summed E-state index contributed by atoms with van der Waals surface area (Å²) in [5, 5.41) is 13.7. The van der Waals surface area contributed by atoms with Gasteiger partial charge in [-0.3, -0.25) is 14.9 Å². The minimum absolute atomic E-state index is 0.0889. The van der Waals surface area contributed by atoms with Gasteiger partial charge >= 0.3 is 0 Å². The summed E-state index contributed by atoms with van der Waals surface area (Å²) in [5.74, 6) is 0.444. The molecule has 7 nitrogen and oxygen atoms in total. The Hall–Kier alpha value is -3.09. The number of hydrogen-bond donors (Lipinski definition) is 1. The molecule has 0 fully saturated rings. The van der Waals surface area contributed by atoms with E-state index in [1.165, 1.54) is 25.3 Å². The van der Waals surface area contributed by atoms with Crippen LogP contribution in [-0.2, 0) is 4.79 Å². The van der Waals surface area contributed by atoms with Crippen molar-refractivity contribution in [3.8, 4) is 11.5 Å². The number of carbonyl (C=O) groups excluding carboxylic acids is 1. The molecule has 126 valence electrons. The number of nitro groups is 1. The molecule has 2 aromatic carbocycles. The van der Waals surface area contributed by atoms with Gasteiger partial charge in [0.25, 0.3) is 11.6 Å². The second-order valence-electron chi connectivity index (χ2n) is 5.16. The molecule has 0 aliphatic heterocycles. The van der Waals surface area contributed by atoms with E-state index in [2.05, 4.69) is 5.32 Å². The summed E-state index contributed by atoms with van der Waals surface area (Å²) in [4.78, 5) is 22.8. The van der Waals surface area contributed by atoms with Crippen molar-refractivity contribution < 1.29 is 19.2 Å². The lowest BCUT2D eigenvalue weighted by Crippen LogP contribution is -2.30. The molecule has 24 heavy (non-hydrogen) atoms. The molecule has 1 atom stereocenters. The van der Waals surface area contributed by atoms with Crippen LogP contribution in [-0.4, -0.2) is 24.0 Å². The minimum atomic E-state index is -0.812. The van der Waals surface area contributed by atoms with Crippen molar-refractivity contribution in [3.63, 3.8) is 0 Å². The molecule has 0 radical (unpaired) electrons. The molecule has 2 rings (SSSR count). The highest BCUT2D eigenvalue weighted by molar-refractivity contribution is 5.96. The number of nitrogens with zero attached hydrogens (tertiary/aromatic N) is 1. The molecular weight excluding hydrogens is 312 g/mol. The van der Waals surface area contributed by atoms with Crippen LogP contribution < -0.4 is 14.8 Å². The summed E-state index contributed by atoms with van der Waals surface area (Å²) in [6.07, 6.45) is -0.812. The number of aryl methyl sites for hydroxylation is 1. The number of nitro benzene ring substituents is 1. The number of ether oxygens (including phenoxy) is 2. The molecule has 0 aliphatic carbocycles. The second kappa shape index (κ2) is 7.45. The van der Waals surface area contributed by atoms with Gasteiger partial charge in [-0.15, -0.1) is 0 Å². The number of benzene rings is 2. The first-order valence-electron chi connectivity index (χ1n) is 7.28. The van der Waals surface area contributed by atoms with Crippen LogP contribution in [0.3, 0.4) is 0 Å². The van der Waals surface area contributed by atoms with Gasteiger partial charge in [0.15, 0.2) is 6.10 Å². The third kappa shape index (κ3) is 4.01. The standard InChI is InChI=1S/C17H18N2O5/c1-11-6-4-5-7-16(11)24-12(2)17(20)18-14-9-8-13(23-3)10-15(14)19(21)22/h4-10,12H,1-3H3,(H,18,20). The summed E-state index contributed by atoms with van der Waals surface area (Å²) in [6, 6.07) is 11.5. The Labute approximate surface area is 139 Å². The summed E-state index contributed by atoms with van der Waals surface area (Å²) in [6.45, 7) is 3.45. The van der Waals surface area contributed by atoms with E-state index in [4.69, 9.17) is 9.47 Å². The maximum atomic E-state index is 12.3. The highest BCUT2D eigenvalue weighted by Crippen LogP contribution is 2.29. The predicted molar refractivity (Wildman–Crippen MR) is 89.5 cm³/mol. The van der Waals surface area contributed by atoms with Gasteiger partial charge in [0.05, 0.1) is 18.1 Å². The Bertz CT molecular complexity index is 760. The first-order chi connectivity index (χ1) is 11.4. The molecule has 0 saturated heterocycles. The van der Waals surface area contributed by atoms with Gasteiger partial charge in [-0.05, 0) is 37.6 Å². The van der Waals surface area contributed by atoms with Crippen LogP contribution in [0, 0.1) is 17.0 Å². The number of anilines is 1. The number of amides is 1. The normalized spacial score (nSPS) is 11.5. The second-order valence-corrected chi connectivity index (χ2v) is 5.16. The van der Waals surface area contributed by atoms with Gasteiger partial charge in [0.1, 0.15) is 17.2 Å². The molecule has 1 N–H and O–H groups in total. The molecule has 2 aromatic rings. The number of carbonyl (C=O) groups is 1. The fourth-order valence-corrected chi connectivity index (χ4v) is 2.06. The van der Waals surface area contributed by atoms with Crippen LogP contribution in [0.2, 0.25) is 0 Å². The third-order valence-electron chi connectivity index (χ3n) is 3.43. The van der Waals surface area contributed by atoms with Gasteiger partial charge in [-0.2, -0.15) is 0 Å². The van der Waals surface area contributed by atoms with Crippen LogP contribution in [0.1, 0.15) is 12.5 Å². The van der Waals surface area contributed by atoms with Crippen molar-refractivity contribution in [2.75, 3.05) is 12.4 Å². The Morgan fingerprint density at radius 3 is 2.58 bits per heavy atom. The van der Waals surface area contributed by atoms with Gasteiger partial charge in [0.2, 0.25) is 0 Å². The summed E-state index contributed by atoms with van der Waals surface area (Å²) in [5.41, 5.74) is 0.740. The largest absolute Gasteiger partial charge is 0.496 e. The molecule has 0 spiro atoms. The molecule has 0 aliphatic rings. The lowest BCUT2D eigenvalue weighted by atomic mass is 10.2. The van der Waals surface area contributed by atoms with Gasteiger partial charge < -0.3 is 14.8 Å². The molecule has 1 amide bonds. The van der Waals surface area contributed by atoms with Crippen LogP contribution in [0.15, 0.2) is 42.5 Å². The lowest BCUT2D eigenvalue weighted by molar-refractivity contribution is -0.384. The number of hydrogen-bond acceptors (Lipinski definition) is 5. The Balaban J connectivity index is 2.14. The van der Waals surface area contributed by atoms with Crippen LogP contribution in [0.5, 0.6) is 11.5 Å². The molecule has 7 heteroatoms. The van der Waals surface area contributed by atoms with Crippen molar-refractivity contribution in [2.24, 2.45) is 0 Å². The average molecular weight is 330 g/mol. The topological polar surface area (TPSA) is 90.7 Å². The zero-order valence-corrected chi connectivity index (χ0v) is 13.6. The Morgan fingerprint density at radius 1 is 1.25 bits per heavy atom. The Kier molecular flexibility index (Phi) is 5.36. The van der Waals surface area contributed by atoms with Crippen molar-refractivity contribution >= 4 is 17.3 Å². The highest BCUT2D eigenvalue weighted by atomic mass is 16.6. The third-order valence-corrected chi connectivity index (χ3v) is 3.43. The number of nitrogens with one attached hydrogen (secondary N) is 1. The lowest BCUT2D eigenvalue weighted by Gasteiger charge is -2.16. The SMILES string of the molecule is COc1ccc(NC(=O)C(C)Oc2ccccc2C)c([N+](=O)[O-])c1. The summed E-state index contributed by atoms with van der Waals surface area (Å²) < 4.78 is 10.6. The first-order valence-corrected chi connectivity index (χ1v) is 7.28. The molecule has 0 bridgehead atoms. The van der Waals surface area contributed by atoms with Crippen molar-refractivity contribution in [2.45, 2.75) is 20.0 Å². The maximum Gasteiger partial charge on any atom is 0.296 e. The molecule has 0 heterocycles. The minimum Gasteiger partial charge on any atom is -0.496 e. The fourth-order valence-electron chi connectivity index (χ4n) is 2.06. The molecule has 0 saturated carbocycles. The van der Waals surface area contributed by atoms with Gasteiger partial charge in [0, 0.05) is 0 Å². The quantitative estimate of drug-likeness (QED) is 0.648. The number of rotatable bonds is 6. The fraction of sp³-hybridized carbons (Fsp3) is 0.235. The summed E-state index contributed by atoms with van der Waals surface area (Å²) in [7, 11) is 1.41. The van der Waals surface area contributed by atoms with E-state index in [1.807, 2.05) is 19.1 Å². The van der Waals surface area contributed by atoms with Gasteiger partial charge in [-0.25, -0.2) is 0 Å². The zero-order chi connectivity index (χ0) is 17.7. The van der Waals surface area contributed by atoms with Crippen LogP contribution in [0.25, 0.3) is 0 Å². The monoisotopic (exact) mass is 330 g/mol. The molecule has 1 unspecified atom stereocenters. The van der Waals surface area contributed by atoms with E-state index in [0.717, 1.165) is 5.56 Å². The van der Waals surface area contributed by atoms with Crippen LogP contribution in [0.4, 0.5) is 11.4 Å². The number of methoxy groups -OCH3 is 1. The first kappa shape index (κ1) is 17.3. The molecular formula is C17H18N2O5. The van der Waals surface area contributed by atoms with E-state index >= 15 is 0 Å². The zero-order valence-electron chi connectivity index (χ0n) is 13.6.